The molecular weight excluding hydrogens is 464 g/mol. The first kappa shape index (κ1) is 24.5. The van der Waals surface area contributed by atoms with E-state index in [2.05, 4.69) is 0 Å². The molecule has 0 radical (unpaired) electrons. The van der Waals surface area contributed by atoms with Crippen molar-refractivity contribution in [2.24, 2.45) is 17.3 Å². The Hall–Kier alpha value is -1.74. The van der Waals surface area contributed by atoms with Gasteiger partial charge in [-0.3, -0.25) is 4.79 Å². The summed E-state index contributed by atoms with van der Waals surface area (Å²) in [5.41, 5.74) is -2.10. The number of esters is 1. The summed E-state index contributed by atoms with van der Waals surface area (Å²) in [5.74, 6) is -9.92. The van der Waals surface area contributed by atoms with Gasteiger partial charge in [-0.1, -0.05) is 49.2 Å². The zero-order chi connectivity index (χ0) is 23.0. The quantitative estimate of drug-likeness (QED) is 0.263. The fraction of sp³-hybridized carbons (Fsp3) is 0.421. The van der Waals surface area contributed by atoms with Gasteiger partial charge < -0.3 is 4.74 Å². The predicted octanol–water partition coefficient (Wildman–Crippen LogP) is 6.54. The van der Waals surface area contributed by atoms with Crippen LogP contribution in [-0.4, -0.2) is 12.1 Å². The molecule has 166 valence electrons. The monoisotopic (exact) mass is 478 g/mol. The highest BCUT2D eigenvalue weighted by atomic mass is 35.5. The molecule has 1 fully saturated rings. The molecule has 0 aliphatic heterocycles. The lowest BCUT2D eigenvalue weighted by atomic mass is 10.1. The van der Waals surface area contributed by atoms with Crippen LogP contribution < -0.4 is 0 Å². The van der Waals surface area contributed by atoms with Crippen LogP contribution in [0.3, 0.4) is 0 Å². The standard InChI is InChI=1S/C19H15Cl2F7O2/c1-18(2)10(6-11(21)19(26,27)28)12(18)17(29)30-7-9-15(24)13(22)8(4-3-5-20)14(23)16(9)25/h3,5-6,10,12H,4,7H2,1-2H3/b5-3?,11-6-/t10-,12-/m1/s1. The number of alkyl halides is 3. The average Bonchev–Trinajstić information content (AvgIpc) is 3.19. The molecule has 0 bridgehead atoms. The molecule has 1 aliphatic carbocycles. The van der Waals surface area contributed by atoms with Gasteiger partial charge in [-0.2, -0.15) is 13.2 Å². The predicted molar refractivity (Wildman–Crippen MR) is 95.5 cm³/mol. The van der Waals surface area contributed by atoms with Gasteiger partial charge in [0.1, 0.15) is 11.6 Å². The number of hydrogen-bond donors (Lipinski definition) is 0. The van der Waals surface area contributed by atoms with Crippen LogP contribution in [-0.2, 0) is 22.6 Å². The summed E-state index contributed by atoms with van der Waals surface area (Å²) in [6.07, 6.45) is -3.58. The molecule has 30 heavy (non-hydrogen) atoms. The van der Waals surface area contributed by atoms with Gasteiger partial charge in [0.05, 0.1) is 11.5 Å². The Morgan fingerprint density at radius 3 is 2.03 bits per heavy atom. The molecule has 0 amide bonds. The number of hydrogen-bond acceptors (Lipinski definition) is 2. The first-order chi connectivity index (χ1) is 13.7. The SMILES string of the molecule is CC1(C)[C@H](/C=C(\Cl)C(F)(F)F)[C@@H]1C(=O)OCc1c(F)c(F)c(CC=CCl)c(F)c1F. The van der Waals surface area contributed by atoms with E-state index in [0.717, 1.165) is 11.6 Å². The van der Waals surface area contributed by atoms with Crippen molar-refractivity contribution in [1.82, 2.24) is 0 Å². The van der Waals surface area contributed by atoms with Crippen LogP contribution in [0.4, 0.5) is 30.7 Å². The first-order valence-electron chi connectivity index (χ1n) is 8.45. The molecule has 1 aromatic rings. The average molecular weight is 479 g/mol. The molecule has 2 atom stereocenters. The lowest BCUT2D eigenvalue weighted by molar-refractivity contribution is -0.147. The third kappa shape index (κ3) is 4.77. The number of rotatable bonds is 6. The van der Waals surface area contributed by atoms with E-state index in [0.29, 0.717) is 6.08 Å². The van der Waals surface area contributed by atoms with Crippen LogP contribution in [0.5, 0.6) is 0 Å². The zero-order valence-corrected chi connectivity index (χ0v) is 17.0. The second-order valence-electron chi connectivity index (χ2n) is 7.22. The summed E-state index contributed by atoms with van der Waals surface area (Å²) in [6, 6.07) is 0. The lowest BCUT2D eigenvalue weighted by Gasteiger charge is -2.12. The third-order valence-corrected chi connectivity index (χ3v) is 5.49. The summed E-state index contributed by atoms with van der Waals surface area (Å²) in [4.78, 5) is 12.2. The second-order valence-corrected chi connectivity index (χ2v) is 7.88. The second kappa shape index (κ2) is 8.78. The van der Waals surface area contributed by atoms with Crippen molar-refractivity contribution in [2.45, 2.75) is 33.1 Å². The van der Waals surface area contributed by atoms with Crippen molar-refractivity contribution < 1.29 is 40.3 Å². The molecular formula is C19H15Cl2F7O2. The van der Waals surface area contributed by atoms with Crippen molar-refractivity contribution >= 4 is 29.2 Å². The number of benzene rings is 1. The summed E-state index contributed by atoms with van der Waals surface area (Å²) in [7, 11) is 0. The number of halogens is 9. The minimum atomic E-state index is -4.80. The maximum atomic E-state index is 14.1. The normalized spacial score (nSPS) is 21.2. The maximum Gasteiger partial charge on any atom is 0.426 e. The highest BCUT2D eigenvalue weighted by Gasteiger charge is 2.62. The summed E-state index contributed by atoms with van der Waals surface area (Å²) >= 11 is 10.4. The van der Waals surface area contributed by atoms with Gasteiger partial charge in [0.15, 0.2) is 23.3 Å². The van der Waals surface area contributed by atoms with Crippen molar-refractivity contribution in [1.29, 1.82) is 0 Å². The Balaban J connectivity index is 2.19. The van der Waals surface area contributed by atoms with Crippen molar-refractivity contribution in [3.63, 3.8) is 0 Å². The number of carbonyl (C=O) groups excluding carboxylic acids is 1. The molecule has 11 heteroatoms. The van der Waals surface area contributed by atoms with Gasteiger partial charge in [-0.25, -0.2) is 17.6 Å². The molecule has 0 N–H and O–H groups in total. The molecule has 0 spiro atoms. The Kier molecular flexibility index (Phi) is 7.18. The molecule has 1 saturated carbocycles. The largest absolute Gasteiger partial charge is 0.460 e. The number of ether oxygens (including phenoxy) is 1. The maximum absolute atomic E-state index is 14.1. The van der Waals surface area contributed by atoms with E-state index >= 15 is 0 Å². The molecule has 2 rings (SSSR count). The Labute approximate surface area is 177 Å². The fourth-order valence-corrected chi connectivity index (χ4v) is 3.34. The van der Waals surface area contributed by atoms with Gasteiger partial charge >= 0.3 is 12.1 Å². The van der Waals surface area contributed by atoms with E-state index in [4.69, 9.17) is 27.9 Å². The summed E-state index contributed by atoms with van der Waals surface area (Å²) < 4.78 is 98.8. The van der Waals surface area contributed by atoms with Crippen molar-refractivity contribution in [3.8, 4) is 0 Å². The molecule has 0 saturated heterocycles. The Morgan fingerprint density at radius 1 is 1.07 bits per heavy atom. The minimum absolute atomic E-state index is 0.515. The third-order valence-electron chi connectivity index (χ3n) is 4.98. The van der Waals surface area contributed by atoms with Crippen molar-refractivity contribution in [2.75, 3.05) is 0 Å². The van der Waals surface area contributed by atoms with Gasteiger partial charge in [0.25, 0.3) is 0 Å². The van der Waals surface area contributed by atoms with E-state index in [-0.39, 0.29) is 0 Å². The van der Waals surface area contributed by atoms with E-state index in [1.807, 2.05) is 0 Å². The number of carbonyl (C=O) groups is 1. The molecule has 0 aromatic heterocycles. The van der Waals surface area contributed by atoms with Crippen LogP contribution in [0.1, 0.15) is 25.0 Å². The van der Waals surface area contributed by atoms with E-state index < -0.39 is 81.9 Å². The molecule has 1 aromatic carbocycles. The molecule has 1 aliphatic rings. The van der Waals surface area contributed by atoms with Gasteiger partial charge in [0.2, 0.25) is 0 Å². The van der Waals surface area contributed by atoms with E-state index in [1.54, 1.807) is 0 Å². The van der Waals surface area contributed by atoms with Gasteiger partial charge in [0, 0.05) is 11.1 Å². The fourth-order valence-electron chi connectivity index (χ4n) is 3.12. The first-order valence-corrected chi connectivity index (χ1v) is 9.26. The van der Waals surface area contributed by atoms with Crippen molar-refractivity contribution in [3.05, 3.63) is 57.1 Å². The lowest BCUT2D eigenvalue weighted by Crippen LogP contribution is -2.15. The minimum Gasteiger partial charge on any atom is -0.460 e. The highest BCUT2D eigenvalue weighted by Crippen LogP contribution is 2.60. The molecule has 2 nitrogen and oxygen atoms in total. The van der Waals surface area contributed by atoms with Crippen LogP contribution in [0.25, 0.3) is 0 Å². The van der Waals surface area contributed by atoms with Gasteiger partial charge in [-0.15, -0.1) is 0 Å². The van der Waals surface area contributed by atoms with Crippen LogP contribution in [0.15, 0.2) is 22.7 Å². The van der Waals surface area contributed by atoms with E-state index in [9.17, 15) is 35.5 Å². The highest BCUT2D eigenvalue weighted by molar-refractivity contribution is 6.30. The molecule has 0 unspecified atom stereocenters. The molecule has 0 heterocycles. The zero-order valence-electron chi connectivity index (χ0n) is 15.5. The smallest absolute Gasteiger partial charge is 0.426 e. The Morgan fingerprint density at radius 2 is 1.57 bits per heavy atom. The summed E-state index contributed by atoms with van der Waals surface area (Å²) in [5, 5.41) is -1.42. The van der Waals surface area contributed by atoms with E-state index in [1.165, 1.54) is 13.8 Å². The van der Waals surface area contributed by atoms with Crippen LogP contribution in [0.2, 0.25) is 0 Å². The van der Waals surface area contributed by atoms with Crippen LogP contribution >= 0.6 is 23.2 Å². The topological polar surface area (TPSA) is 26.3 Å². The number of allylic oxidation sites excluding steroid dienone is 3. The summed E-state index contributed by atoms with van der Waals surface area (Å²) in [6.45, 7) is 1.80. The Bertz CT molecular complexity index is 878. The van der Waals surface area contributed by atoms with Crippen LogP contribution in [0, 0.1) is 40.5 Å². The van der Waals surface area contributed by atoms with Gasteiger partial charge in [-0.05, 0) is 17.8 Å².